The molecule has 23 heteroatoms. The molecule has 0 amide bonds. The minimum Gasteiger partial charge on any atom is -0.724 e. The number of aryl methyl sites for hydroxylation is 1. The number of carbonyl (C=O) groups is 2. The van der Waals surface area contributed by atoms with Crippen LogP contribution in [-0.4, -0.2) is 70.5 Å². The summed E-state index contributed by atoms with van der Waals surface area (Å²) in [4.78, 5) is 51.9. The zero-order valence-electron chi connectivity index (χ0n) is 37.7. The number of fused-ring (bicyclic) bond motifs is 2. The van der Waals surface area contributed by atoms with Gasteiger partial charge in [-0.3, -0.25) is 29.3 Å². The summed E-state index contributed by atoms with van der Waals surface area (Å²) in [5.74, 6) is 3.31. The van der Waals surface area contributed by atoms with Crippen molar-refractivity contribution in [1.29, 1.82) is 0 Å². The molecule has 0 aliphatic carbocycles. The van der Waals surface area contributed by atoms with Gasteiger partial charge in [-0.25, -0.2) is 4.98 Å². The number of nitrogens with zero attached hydrogens (tertiary/aromatic N) is 7. The fourth-order valence-corrected chi connectivity index (χ4v) is 10.6. The molecule has 8 aromatic rings. The van der Waals surface area contributed by atoms with Crippen molar-refractivity contribution >= 4 is 53.0 Å². The van der Waals surface area contributed by atoms with Gasteiger partial charge in [0, 0.05) is 47.0 Å². The maximum atomic E-state index is 12.7. The third-order valence-corrected chi connectivity index (χ3v) is 13.8. The van der Waals surface area contributed by atoms with Crippen LogP contribution in [0.15, 0.2) is 90.0 Å². The molecule has 2 aliphatic rings. The molecular formula is C49H38F3N7O9RuS3. The van der Waals surface area contributed by atoms with Crippen LogP contribution in [0.4, 0.5) is 13.2 Å². The molecule has 0 saturated heterocycles. The number of ether oxygens (including phenoxy) is 6. The van der Waals surface area contributed by atoms with Gasteiger partial charge in [0.2, 0.25) is 0 Å². The van der Waals surface area contributed by atoms with E-state index in [0.717, 1.165) is 55.3 Å². The number of hydrogen-bond donors (Lipinski definition) is 0. The van der Waals surface area contributed by atoms with Gasteiger partial charge in [-0.15, -0.1) is 34.0 Å². The number of pyridine rings is 4. The fraction of sp³-hybridized carbons (Fsp3) is 0.224. The zero-order chi connectivity index (χ0) is 49.7. The Kier molecular flexibility index (Phi) is 18.1. The van der Waals surface area contributed by atoms with Crippen LogP contribution < -0.4 is 33.5 Å². The average Bonchev–Trinajstić information content (AvgIpc) is 4.23. The Morgan fingerprint density at radius 2 is 1.31 bits per heavy atom. The topological polar surface area (TPSA) is 207 Å². The first-order valence-electron chi connectivity index (χ1n) is 21.7. The first-order chi connectivity index (χ1) is 34.6. The second-order valence-electron chi connectivity index (χ2n) is 15.1. The van der Waals surface area contributed by atoms with Gasteiger partial charge in [0.15, 0.2) is 23.0 Å². The number of carbonyl (C=O) groups excluding carboxylic acids is 3. The molecule has 72 heavy (non-hydrogen) atoms. The van der Waals surface area contributed by atoms with E-state index in [0.29, 0.717) is 96.9 Å². The standard InChI is InChI=1S/C29H19N3O8S2.C19H19F3N3S.CNO.Ru/c33-14-39-17-2-4-31-20(10-17)22-12-18(40-15-34)11-21(32-22)19-9-16(1-3-30-19)27-25-26(38-8-7-37-25)29(42-27)28-24-23(13-41-28)35-5-6-36-24;1-2-3-4-5-6-13-8-10-26-18(13)14-7-9-23-15(11-14)16-12-17(25-24-16)19(20,21)22;2-1-3;/h1-4,9-15H,5-8H2;7-12H,2-6H2,1H3;;/q;2*-1;+2. The van der Waals surface area contributed by atoms with E-state index in [1.807, 2.05) is 23.6 Å². The minimum absolute atomic E-state index is 0. The summed E-state index contributed by atoms with van der Waals surface area (Å²) in [6.45, 7) is 4.70. The summed E-state index contributed by atoms with van der Waals surface area (Å²) in [5.41, 5.74) is 4.38. The van der Waals surface area contributed by atoms with E-state index >= 15 is 0 Å². The predicted octanol–water partition coefficient (Wildman–Crippen LogP) is 11.1. The maximum Gasteiger partial charge on any atom is 2.00 e. The molecule has 0 unspecified atom stereocenters. The first kappa shape index (κ1) is 52.7. The minimum atomic E-state index is -4.50. The van der Waals surface area contributed by atoms with Gasteiger partial charge in [-0.2, -0.15) is 13.2 Å². The fourth-order valence-electron chi connectivity index (χ4n) is 7.39. The second-order valence-corrected chi connectivity index (χ2v) is 17.9. The molecule has 0 aromatic carbocycles. The molecule has 0 fully saturated rings. The summed E-state index contributed by atoms with van der Waals surface area (Å²) < 4.78 is 72.2. The largest absolute Gasteiger partial charge is 2.00 e. The summed E-state index contributed by atoms with van der Waals surface area (Å²) in [5, 5.41) is 17.6. The zero-order valence-corrected chi connectivity index (χ0v) is 41.9. The molecule has 10 heterocycles. The number of alkyl halides is 3. The van der Waals surface area contributed by atoms with E-state index in [1.165, 1.54) is 53.7 Å². The van der Waals surface area contributed by atoms with E-state index < -0.39 is 11.9 Å². The Hall–Kier alpha value is -7.16. The van der Waals surface area contributed by atoms with Crippen molar-refractivity contribution in [3.8, 4) is 99.3 Å². The molecule has 0 atom stereocenters. The maximum absolute atomic E-state index is 12.7. The Morgan fingerprint density at radius 3 is 1.99 bits per heavy atom. The van der Waals surface area contributed by atoms with E-state index in [4.69, 9.17) is 43.6 Å². The molecule has 16 nitrogen and oxygen atoms in total. The number of isocyanates is 1. The molecule has 0 radical (unpaired) electrons. The Morgan fingerprint density at radius 1 is 0.708 bits per heavy atom. The number of unbranched alkanes of at least 4 members (excludes halogenated alkanes) is 3. The molecule has 8 aromatic heterocycles. The molecule has 0 N–H and O–H groups in total. The number of rotatable bonds is 15. The predicted molar refractivity (Wildman–Crippen MR) is 259 cm³/mol. The van der Waals surface area contributed by atoms with E-state index in [1.54, 1.807) is 54.1 Å². The monoisotopic (exact) mass is 1120 g/mol. The van der Waals surface area contributed by atoms with Crippen molar-refractivity contribution < 1.29 is 75.5 Å². The van der Waals surface area contributed by atoms with E-state index in [-0.39, 0.29) is 30.9 Å². The first-order valence-corrected chi connectivity index (χ1v) is 24.3. The summed E-state index contributed by atoms with van der Waals surface area (Å²) >= 11 is 4.71. The van der Waals surface area contributed by atoms with E-state index in [2.05, 4.69) is 43.5 Å². The van der Waals surface area contributed by atoms with Crippen LogP contribution in [0.3, 0.4) is 0 Å². The van der Waals surface area contributed by atoms with Crippen LogP contribution in [-0.2, 0) is 46.5 Å². The second kappa shape index (κ2) is 24.8. The molecule has 0 bridgehead atoms. The van der Waals surface area contributed by atoms with Crippen LogP contribution in [0.25, 0.3) is 70.2 Å². The van der Waals surface area contributed by atoms with Gasteiger partial charge < -0.3 is 44.0 Å². The quantitative estimate of drug-likeness (QED) is 0.0307. The van der Waals surface area contributed by atoms with Crippen molar-refractivity contribution in [1.82, 2.24) is 30.1 Å². The summed E-state index contributed by atoms with van der Waals surface area (Å²) in [6, 6.07) is 16.8. The van der Waals surface area contributed by atoms with Crippen LogP contribution in [0.1, 0.15) is 43.9 Å². The van der Waals surface area contributed by atoms with Crippen molar-refractivity contribution in [3.63, 3.8) is 0 Å². The molecule has 370 valence electrons. The third kappa shape index (κ3) is 12.5. The SMILES string of the molecule is CCCCCCc1ccsc1-c1ccnc(-c2cc(C(F)(F)F)n[n-]2)c1.O=COc1ccnc(-c2cc(OC=O)cc(-c3cc(-c4sc(-c5scc6c5OCCO6)c5c4OCCO5)ccn3)n2)c1.[N-]=C=O.[Ru+2]. The Labute approximate surface area is 433 Å². The Bertz CT molecular complexity index is 3170. The van der Waals surface area contributed by atoms with Gasteiger partial charge in [-0.1, -0.05) is 31.9 Å². The Balaban J connectivity index is 0.000000218. The molecule has 0 spiro atoms. The number of halogens is 3. The van der Waals surface area contributed by atoms with E-state index in [9.17, 15) is 22.8 Å². The molecule has 0 saturated carbocycles. The molecular weight excluding hydrogens is 1080 g/mol. The summed E-state index contributed by atoms with van der Waals surface area (Å²) in [6.07, 6.45) is 6.55. The van der Waals surface area contributed by atoms with Crippen molar-refractivity contribution in [3.05, 3.63) is 107 Å². The average molecular weight is 1120 g/mol. The van der Waals surface area contributed by atoms with Crippen molar-refractivity contribution in [2.75, 3.05) is 26.4 Å². The summed E-state index contributed by atoms with van der Waals surface area (Å²) in [7, 11) is 0. The van der Waals surface area contributed by atoms with Gasteiger partial charge in [0.1, 0.15) is 43.6 Å². The number of aromatic nitrogens is 6. The van der Waals surface area contributed by atoms with Crippen LogP contribution >= 0.6 is 34.0 Å². The van der Waals surface area contributed by atoms with Crippen LogP contribution in [0.2, 0.25) is 0 Å². The van der Waals surface area contributed by atoms with Crippen LogP contribution in [0.5, 0.6) is 34.5 Å². The third-order valence-electron chi connectivity index (χ3n) is 10.5. The van der Waals surface area contributed by atoms with Crippen LogP contribution in [0, 0.1) is 0 Å². The smallest absolute Gasteiger partial charge is 0.724 e. The van der Waals surface area contributed by atoms with Gasteiger partial charge >= 0.3 is 25.7 Å². The molecule has 2 aliphatic heterocycles. The van der Waals surface area contributed by atoms with Crippen molar-refractivity contribution in [2.24, 2.45) is 0 Å². The van der Waals surface area contributed by atoms with Crippen molar-refractivity contribution in [2.45, 2.75) is 45.2 Å². The molecule has 10 rings (SSSR count). The van der Waals surface area contributed by atoms with Gasteiger partial charge in [0.05, 0.1) is 43.1 Å². The number of hydrogen-bond acceptors (Lipinski definition) is 17. The normalized spacial score (nSPS) is 12.2. The van der Waals surface area contributed by atoms with Gasteiger partial charge in [0.25, 0.3) is 12.9 Å². The number of thiophene rings is 3. The van der Waals surface area contributed by atoms with Gasteiger partial charge in [-0.05, 0) is 83.5 Å².